The van der Waals surface area contributed by atoms with E-state index in [0.29, 0.717) is 5.92 Å². The number of aromatic nitrogens is 2. The first kappa shape index (κ1) is 9.68. The Morgan fingerprint density at radius 2 is 2.29 bits per heavy atom. The highest BCUT2D eigenvalue weighted by Crippen LogP contribution is 2.26. The molecule has 1 saturated heterocycles. The zero-order valence-electron chi connectivity index (χ0n) is 8.49. The highest BCUT2D eigenvalue weighted by molar-refractivity contribution is 5.15. The summed E-state index contributed by atoms with van der Waals surface area (Å²) in [4.78, 5) is 0. The molecule has 1 aromatic heterocycles. The summed E-state index contributed by atoms with van der Waals surface area (Å²) >= 11 is 0. The number of nitrogens with one attached hydrogen (secondary N) is 1. The molecule has 78 valence electrons. The van der Waals surface area contributed by atoms with Crippen LogP contribution in [0.2, 0.25) is 0 Å². The number of aromatic amines is 1. The molecule has 0 bridgehead atoms. The van der Waals surface area contributed by atoms with E-state index in [1.807, 2.05) is 6.92 Å². The van der Waals surface area contributed by atoms with Gasteiger partial charge >= 0.3 is 0 Å². The van der Waals surface area contributed by atoms with E-state index in [1.165, 1.54) is 5.69 Å². The standard InChI is InChI=1S/C10H17N3O/c1-7(11)9-6-10(13-12-9)8-2-4-14-5-3-8/h6-8H,2-5,11H2,1H3,(H,12,13). The number of nitrogens with zero attached hydrogens (tertiary/aromatic N) is 1. The topological polar surface area (TPSA) is 63.9 Å². The van der Waals surface area contributed by atoms with Crippen molar-refractivity contribution in [3.63, 3.8) is 0 Å². The van der Waals surface area contributed by atoms with Crippen LogP contribution < -0.4 is 5.73 Å². The van der Waals surface area contributed by atoms with Gasteiger partial charge in [0.25, 0.3) is 0 Å². The Balaban J connectivity index is 2.07. The average Bonchev–Trinajstić information content (AvgIpc) is 2.68. The molecule has 0 amide bonds. The van der Waals surface area contributed by atoms with Gasteiger partial charge in [0, 0.05) is 30.9 Å². The minimum absolute atomic E-state index is 0.0137. The number of nitrogens with two attached hydrogens (primary N) is 1. The van der Waals surface area contributed by atoms with E-state index in [-0.39, 0.29) is 6.04 Å². The summed E-state index contributed by atoms with van der Waals surface area (Å²) in [7, 11) is 0. The Morgan fingerprint density at radius 3 is 2.86 bits per heavy atom. The van der Waals surface area contributed by atoms with Crippen LogP contribution in [-0.4, -0.2) is 23.4 Å². The van der Waals surface area contributed by atoms with Crippen LogP contribution in [0.1, 0.15) is 43.1 Å². The summed E-state index contributed by atoms with van der Waals surface area (Å²) in [6, 6.07) is 2.10. The van der Waals surface area contributed by atoms with Crippen LogP contribution >= 0.6 is 0 Å². The lowest BCUT2D eigenvalue weighted by Crippen LogP contribution is -2.14. The van der Waals surface area contributed by atoms with E-state index < -0.39 is 0 Å². The van der Waals surface area contributed by atoms with Crippen LogP contribution in [-0.2, 0) is 4.74 Å². The third kappa shape index (κ3) is 1.96. The van der Waals surface area contributed by atoms with Crippen LogP contribution in [0.3, 0.4) is 0 Å². The molecule has 4 heteroatoms. The first-order valence-corrected chi connectivity index (χ1v) is 5.16. The normalized spacial score (nSPS) is 21.0. The lowest BCUT2D eigenvalue weighted by atomic mass is 9.96. The fourth-order valence-corrected chi connectivity index (χ4v) is 1.80. The van der Waals surface area contributed by atoms with Crippen molar-refractivity contribution >= 4 is 0 Å². The van der Waals surface area contributed by atoms with Crippen molar-refractivity contribution in [1.82, 2.24) is 10.2 Å². The molecule has 3 N–H and O–H groups in total. The smallest absolute Gasteiger partial charge is 0.0789 e. The van der Waals surface area contributed by atoms with Crippen LogP contribution in [0.15, 0.2) is 6.07 Å². The highest BCUT2D eigenvalue weighted by Gasteiger charge is 2.18. The maximum absolute atomic E-state index is 5.75. The Morgan fingerprint density at radius 1 is 1.57 bits per heavy atom. The minimum atomic E-state index is 0.0137. The van der Waals surface area contributed by atoms with Gasteiger partial charge in [-0.2, -0.15) is 5.10 Å². The number of hydrogen-bond donors (Lipinski definition) is 2. The van der Waals surface area contributed by atoms with Crippen molar-refractivity contribution in [1.29, 1.82) is 0 Å². The molecule has 14 heavy (non-hydrogen) atoms. The molecule has 1 atom stereocenters. The highest BCUT2D eigenvalue weighted by atomic mass is 16.5. The van der Waals surface area contributed by atoms with Crippen LogP contribution in [0.25, 0.3) is 0 Å². The van der Waals surface area contributed by atoms with Gasteiger partial charge in [0.05, 0.1) is 5.69 Å². The predicted molar refractivity (Wildman–Crippen MR) is 54.0 cm³/mol. The molecule has 0 aromatic carbocycles. The number of hydrogen-bond acceptors (Lipinski definition) is 3. The molecule has 1 unspecified atom stereocenters. The second-order valence-corrected chi connectivity index (χ2v) is 3.92. The molecule has 4 nitrogen and oxygen atoms in total. The van der Waals surface area contributed by atoms with Gasteiger partial charge in [0.15, 0.2) is 0 Å². The van der Waals surface area contributed by atoms with Crippen molar-refractivity contribution in [2.45, 2.75) is 31.7 Å². The predicted octanol–water partition coefficient (Wildman–Crippen LogP) is 1.32. The van der Waals surface area contributed by atoms with Gasteiger partial charge in [-0.1, -0.05) is 0 Å². The third-order valence-electron chi connectivity index (χ3n) is 2.75. The molecule has 0 aliphatic carbocycles. The van der Waals surface area contributed by atoms with Gasteiger partial charge < -0.3 is 10.5 Å². The van der Waals surface area contributed by atoms with Crippen molar-refractivity contribution in [2.24, 2.45) is 5.73 Å². The zero-order valence-corrected chi connectivity index (χ0v) is 8.49. The Bertz CT molecular complexity index is 289. The largest absolute Gasteiger partial charge is 0.381 e. The van der Waals surface area contributed by atoms with Gasteiger partial charge in [0.1, 0.15) is 0 Å². The van der Waals surface area contributed by atoms with E-state index in [9.17, 15) is 0 Å². The van der Waals surface area contributed by atoms with Crippen molar-refractivity contribution in [3.05, 3.63) is 17.5 Å². The minimum Gasteiger partial charge on any atom is -0.381 e. The maximum atomic E-state index is 5.75. The van der Waals surface area contributed by atoms with Crippen LogP contribution in [0, 0.1) is 0 Å². The van der Waals surface area contributed by atoms with Gasteiger partial charge in [0.2, 0.25) is 0 Å². The SMILES string of the molecule is CC(N)c1cc(C2CCOCC2)[nH]n1. The number of rotatable bonds is 2. The summed E-state index contributed by atoms with van der Waals surface area (Å²) in [5.41, 5.74) is 7.91. The molecule has 0 spiro atoms. The molecule has 0 radical (unpaired) electrons. The first-order valence-electron chi connectivity index (χ1n) is 5.16. The van der Waals surface area contributed by atoms with Gasteiger partial charge in [-0.3, -0.25) is 5.10 Å². The van der Waals surface area contributed by atoms with E-state index >= 15 is 0 Å². The lowest BCUT2D eigenvalue weighted by molar-refractivity contribution is 0.0845. The van der Waals surface area contributed by atoms with Gasteiger partial charge in [-0.25, -0.2) is 0 Å². The van der Waals surface area contributed by atoms with Crippen molar-refractivity contribution in [2.75, 3.05) is 13.2 Å². The quantitative estimate of drug-likeness (QED) is 0.748. The van der Waals surface area contributed by atoms with Crippen molar-refractivity contribution in [3.8, 4) is 0 Å². The Hall–Kier alpha value is -0.870. The molecule has 2 rings (SSSR count). The zero-order chi connectivity index (χ0) is 9.97. The summed E-state index contributed by atoms with van der Waals surface area (Å²) < 4.78 is 5.32. The summed E-state index contributed by atoms with van der Waals surface area (Å²) in [5, 5.41) is 7.27. The number of ether oxygens (including phenoxy) is 1. The first-order chi connectivity index (χ1) is 6.77. The van der Waals surface area contributed by atoms with E-state index in [2.05, 4.69) is 16.3 Å². The molecule has 1 aliphatic rings. The summed E-state index contributed by atoms with van der Waals surface area (Å²) in [5.74, 6) is 0.573. The van der Waals surface area contributed by atoms with Gasteiger partial charge in [-0.15, -0.1) is 0 Å². The second kappa shape index (κ2) is 4.11. The molecule has 1 aromatic rings. The fraction of sp³-hybridized carbons (Fsp3) is 0.700. The Kier molecular flexibility index (Phi) is 2.84. The average molecular weight is 195 g/mol. The molecule has 2 heterocycles. The molecule has 1 aliphatic heterocycles. The summed E-state index contributed by atoms with van der Waals surface area (Å²) in [6.07, 6.45) is 2.17. The third-order valence-corrected chi connectivity index (χ3v) is 2.75. The fourth-order valence-electron chi connectivity index (χ4n) is 1.80. The maximum Gasteiger partial charge on any atom is 0.0789 e. The van der Waals surface area contributed by atoms with Gasteiger partial charge in [-0.05, 0) is 25.8 Å². The summed E-state index contributed by atoms with van der Waals surface area (Å²) in [6.45, 7) is 3.67. The van der Waals surface area contributed by atoms with Crippen molar-refractivity contribution < 1.29 is 4.74 Å². The van der Waals surface area contributed by atoms with Crippen LogP contribution in [0.5, 0.6) is 0 Å². The number of H-pyrrole nitrogens is 1. The second-order valence-electron chi connectivity index (χ2n) is 3.92. The monoisotopic (exact) mass is 195 g/mol. The molecule has 0 saturated carbocycles. The lowest BCUT2D eigenvalue weighted by Gasteiger charge is -2.20. The Labute approximate surface area is 83.8 Å². The molecule has 1 fully saturated rings. The molecular weight excluding hydrogens is 178 g/mol. The molecular formula is C10H17N3O. The van der Waals surface area contributed by atoms with E-state index in [0.717, 1.165) is 31.7 Å². The van der Waals surface area contributed by atoms with E-state index in [1.54, 1.807) is 0 Å². The van der Waals surface area contributed by atoms with E-state index in [4.69, 9.17) is 10.5 Å². The van der Waals surface area contributed by atoms with Crippen LogP contribution in [0.4, 0.5) is 0 Å².